The number of benzene rings is 3. The van der Waals surface area contributed by atoms with Crippen LogP contribution in [-0.2, 0) is 9.59 Å². The maximum Gasteiger partial charge on any atom is 0.256 e. The van der Waals surface area contributed by atoms with Gasteiger partial charge in [0.2, 0.25) is 0 Å². The fraction of sp³-hybridized carbons (Fsp3) is 0.185. The van der Waals surface area contributed by atoms with E-state index < -0.39 is 17.8 Å². The highest BCUT2D eigenvalue weighted by molar-refractivity contribution is 6.19. The van der Waals surface area contributed by atoms with Crippen molar-refractivity contribution in [1.29, 1.82) is 0 Å². The first-order valence-electron chi connectivity index (χ1n) is 11.0. The van der Waals surface area contributed by atoms with Gasteiger partial charge in [-0.15, -0.1) is 0 Å². The Kier molecular flexibility index (Phi) is 5.34. The summed E-state index contributed by atoms with van der Waals surface area (Å²) in [7, 11) is 0. The Balaban J connectivity index is 1.56. The number of nitrogens with zero attached hydrogens (tertiary/aromatic N) is 4. The van der Waals surface area contributed by atoms with E-state index in [1.807, 2.05) is 105 Å². The van der Waals surface area contributed by atoms with Gasteiger partial charge in [0.15, 0.2) is 0 Å². The maximum absolute atomic E-state index is 13.7. The summed E-state index contributed by atoms with van der Waals surface area (Å²) in [4.78, 5) is 27.4. The van der Waals surface area contributed by atoms with Crippen molar-refractivity contribution in [1.82, 2.24) is 0 Å². The summed E-state index contributed by atoms with van der Waals surface area (Å²) in [5.74, 6) is -1.82. The summed E-state index contributed by atoms with van der Waals surface area (Å²) < 4.78 is 0. The number of hydrazone groups is 2. The largest absolute Gasteiger partial charge is 0.272 e. The number of carbonyl (C=O) groups excluding carboxylic acids is 2. The van der Waals surface area contributed by atoms with Gasteiger partial charge in [-0.3, -0.25) is 9.59 Å². The number of rotatable bonds is 5. The average Bonchev–Trinajstić information content (AvgIpc) is 3.31. The zero-order valence-corrected chi connectivity index (χ0v) is 18.5. The monoisotopic (exact) mass is 436 g/mol. The van der Waals surface area contributed by atoms with E-state index in [1.165, 1.54) is 10.0 Å². The number of anilines is 2. The standard InChI is InChI=1S/C27H24N4O2/c1-18-23(26(32)30(28-18)21-14-8-4-9-15-21)25(20-12-6-3-7-13-20)24-19(2)29-31(27(24)33)22-16-10-5-11-17-22/h3-17,23-25H,1-2H3. The molecule has 0 aromatic heterocycles. The van der Waals surface area contributed by atoms with Crippen LogP contribution < -0.4 is 10.0 Å². The van der Waals surface area contributed by atoms with Crippen LogP contribution in [-0.4, -0.2) is 23.2 Å². The van der Waals surface area contributed by atoms with Gasteiger partial charge >= 0.3 is 0 Å². The molecule has 164 valence electrons. The molecule has 5 rings (SSSR count). The molecule has 0 fully saturated rings. The van der Waals surface area contributed by atoms with Crippen LogP contribution in [0.5, 0.6) is 0 Å². The molecule has 0 bridgehead atoms. The highest BCUT2D eigenvalue weighted by Gasteiger charge is 2.49. The fourth-order valence-electron chi connectivity index (χ4n) is 4.75. The van der Waals surface area contributed by atoms with E-state index in [4.69, 9.17) is 0 Å². The maximum atomic E-state index is 13.7. The van der Waals surface area contributed by atoms with Gasteiger partial charge in [-0.25, -0.2) is 10.0 Å². The average molecular weight is 437 g/mol. The third kappa shape index (κ3) is 3.63. The third-order valence-electron chi connectivity index (χ3n) is 6.27. The van der Waals surface area contributed by atoms with E-state index >= 15 is 0 Å². The molecule has 3 aromatic rings. The molecule has 2 amide bonds. The first-order chi connectivity index (χ1) is 16.1. The molecule has 6 nitrogen and oxygen atoms in total. The molecule has 2 aliphatic rings. The minimum absolute atomic E-state index is 0.133. The van der Waals surface area contributed by atoms with Crippen LogP contribution in [0, 0.1) is 11.8 Å². The van der Waals surface area contributed by atoms with Gasteiger partial charge < -0.3 is 0 Å². The van der Waals surface area contributed by atoms with Crippen LogP contribution >= 0.6 is 0 Å². The third-order valence-corrected chi connectivity index (χ3v) is 6.27. The molecule has 0 aliphatic carbocycles. The van der Waals surface area contributed by atoms with E-state index in [-0.39, 0.29) is 11.8 Å². The Hall–Kier alpha value is -4.06. The smallest absolute Gasteiger partial charge is 0.256 e. The van der Waals surface area contributed by atoms with Crippen molar-refractivity contribution < 1.29 is 9.59 Å². The first-order valence-corrected chi connectivity index (χ1v) is 11.0. The van der Waals surface area contributed by atoms with E-state index in [1.54, 1.807) is 0 Å². The van der Waals surface area contributed by atoms with Crippen molar-refractivity contribution in [2.24, 2.45) is 22.0 Å². The minimum atomic E-state index is -0.567. The van der Waals surface area contributed by atoms with Crippen molar-refractivity contribution in [3.63, 3.8) is 0 Å². The van der Waals surface area contributed by atoms with E-state index in [0.29, 0.717) is 22.8 Å². The van der Waals surface area contributed by atoms with Crippen LogP contribution in [0.4, 0.5) is 11.4 Å². The van der Waals surface area contributed by atoms with Crippen LogP contribution in [0.15, 0.2) is 101 Å². The van der Waals surface area contributed by atoms with Gasteiger partial charge in [0, 0.05) is 17.3 Å². The Bertz CT molecular complexity index is 1160. The van der Waals surface area contributed by atoms with Crippen molar-refractivity contribution in [2.75, 3.05) is 10.0 Å². The zero-order valence-electron chi connectivity index (χ0n) is 18.5. The van der Waals surface area contributed by atoms with E-state index in [2.05, 4.69) is 10.2 Å². The van der Waals surface area contributed by atoms with Crippen molar-refractivity contribution >= 4 is 34.6 Å². The van der Waals surface area contributed by atoms with Gasteiger partial charge in [0.1, 0.15) is 0 Å². The van der Waals surface area contributed by atoms with Crippen molar-refractivity contribution in [3.05, 3.63) is 96.6 Å². The highest BCUT2D eigenvalue weighted by atomic mass is 16.2. The second-order valence-electron chi connectivity index (χ2n) is 8.35. The first kappa shape index (κ1) is 20.8. The van der Waals surface area contributed by atoms with Crippen molar-refractivity contribution in [3.8, 4) is 0 Å². The Morgan fingerprint density at radius 3 is 1.36 bits per heavy atom. The quantitative estimate of drug-likeness (QED) is 0.574. The molecular weight excluding hydrogens is 412 g/mol. The van der Waals surface area contributed by atoms with Crippen LogP contribution in [0.2, 0.25) is 0 Å². The lowest BCUT2D eigenvalue weighted by molar-refractivity contribution is -0.122. The second-order valence-corrected chi connectivity index (χ2v) is 8.35. The molecule has 0 saturated carbocycles. The Morgan fingerprint density at radius 1 is 0.606 bits per heavy atom. The highest BCUT2D eigenvalue weighted by Crippen LogP contribution is 2.42. The number of para-hydroxylation sites is 2. The predicted molar refractivity (Wildman–Crippen MR) is 130 cm³/mol. The fourth-order valence-corrected chi connectivity index (χ4v) is 4.75. The second kappa shape index (κ2) is 8.47. The molecule has 2 aliphatic heterocycles. The molecule has 3 aromatic carbocycles. The normalized spacial score (nSPS) is 21.3. The van der Waals surface area contributed by atoms with E-state index in [9.17, 15) is 9.59 Å². The lowest BCUT2D eigenvalue weighted by Crippen LogP contribution is -2.40. The van der Waals surface area contributed by atoms with Crippen LogP contribution in [0.3, 0.4) is 0 Å². The molecule has 33 heavy (non-hydrogen) atoms. The minimum Gasteiger partial charge on any atom is -0.272 e. The summed E-state index contributed by atoms with van der Waals surface area (Å²) in [5.41, 5.74) is 3.73. The van der Waals surface area contributed by atoms with Crippen molar-refractivity contribution in [2.45, 2.75) is 19.8 Å². The summed E-state index contributed by atoms with van der Waals surface area (Å²) in [6.07, 6.45) is 0. The van der Waals surface area contributed by atoms with Gasteiger partial charge in [0.05, 0.1) is 23.2 Å². The van der Waals surface area contributed by atoms with Gasteiger partial charge in [-0.2, -0.15) is 10.2 Å². The molecule has 2 unspecified atom stereocenters. The lowest BCUT2D eigenvalue weighted by atomic mass is 9.73. The van der Waals surface area contributed by atoms with Gasteiger partial charge in [-0.1, -0.05) is 66.7 Å². The molecule has 0 N–H and O–H groups in total. The molecule has 2 heterocycles. The number of hydrogen-bond acceptors (Lipinski definition) is 4. The number of carbonyl (C=O) groups is 2. The van der Waals surface area contributed by atoms with Crippen LogP contribution in [0.25, 0.3) is 0 Å². The Labute approximate surface area is 192 Å². The van der Waals surface area contributed by atoms with Gasteiger partial charge in [-0.05, 0) is 43.7 Å². The molecule has 2 atom stereocenters. The number of amides is 2. The lowest BCUT2D eigenvalue weighted by Gasteiger charge is -2.28. The zero-order chi connectivity index (χ0) is 22.9. The Morgan fingerprint density at radius 2 is 0.970 bits per heavy atom. The number of hydrogen-bond donors (Lipinski definition) is 0. The van der Waals surface area contributed by atoms with Crippen LogP contribution in [0.1, 0.15) is 25.3 Å². The topological polar surface area (TPSA) is 65.3 Å². The summed E-state index contributed by atoms with van der Waals surface area (Å²) in [6, 6.07) is 28.5. The molecule has 6 heteroatoms. The summed E-state index contributed by atoms with van der Waals surface area (Å²) in [5, 5.41) is 12.1. The molecule has 0 radical (unpaired) electrons. The summed E-state index contributed by atoms with van der Waals surface area (Å²) >= 11 is 0. The van der Waals surface area contributed by atoms with Gasteiger partial charge in [0.25, 0.3) is 11.8 Å². The SMILES string of the molecule is CC1=NN(c2ccccc2)C(=O)C1C(c1ccccc1)C1C(=O)N(c2ccccc2)N=C1C. The molecular formula is C27H24N4O2. The summed E-state index contributed by atoms with van der Waals surface area (Å²) in [6.45, 7) is 3.73. The van der Waals surface area contributed by atoms with E-state index in [0.717, 1.165) is 5.56 Å². The molecule has 0 saturated heterocycles. The predicted octanol–water partition coefficient (Wildman–Crippen LogP) is 4.85. The molecule has 0 spiro atoms.